The van der Waals surface area contributed by atoms with Gasteiger partial charge in [-0.1, -0.05) is 18.2 Å². The van der Waals surface area contributed by atoms with E-state index < -0.39 is 0 Å². The SMILES string of the molecule is Cc1ccc(C)c(OCC(=O)NN=Cc2cccnc2)c1. The van der Waals surface area contributed by atoms with E-state index in [4.69, 9.17) is 4.74 Å². The van der Waals surface area contributed by atoms with Gasteiger partial charge in [0.15, 0.2) is 6.61 Å². The lowest BCUT2D eigenvalue weighted by atomic mass is 10.1. The molecule has 0 bridgehead atoms. The predicted octanol–water partition coefficient (Wildman–Crippen LogP) is 2.23. The van der Waals surface area contributed by atoms with Gasteiger partial charge < -0.3 is 4.74 Å². The van der Waals surface area contributed by atoms with Crippen molar-refractivity contribution in [2.24, 2.45) is 5.10 Å². The molecule has 2 aromatic rings. The van der Waals surface area contributed by atoms with E-state index in [9.17, 15) is 4.79 Å². The number of ether oxygens (including phenoxy) is 1. The molecule has 0 atom stereocenters. The number of carbonyl (C=O) groups excluding carboxylic acids is 1. The number of nitrogens with zero attached hydrogens (tertiary/aromatic N) is 2. The molecule has 0 saturated heterocycles. The van der Waals surface area contributed by atoms with Gasteiger partial charge in [0.2, 0.25) is 0 Å². The number of aromatic nitrogens is 1. The lowest BCUT2D eigenvalue weighted by Crippen LogP contribution is -2.24. The molecular weight excluding hydrogens is 266 g/mol. The lowest BCUT2D eigenvalue weighted by molar-refractivity contribution is -0.123. The number of nitrogens with one attached hydrogen (secondary N) is 1. The number of carbonyl (C=O) groups is 1. The molecule has 1 aromatic heterocycles. The van der Waals surface area contributed by atoms with Crippen LogP contribution in [0.2, 0.25) is 0 Å². The highest BCUT2D eigenvalue weighted by molar-refractivity contribution is 5.82. The second-order valence-corrected chi connectivity index (χ2v) is 4.64. The molecule has 0 aliphatic carbocycles. The topological polar surface area (TPSA) is 63.6 Å². The molecular formula is C16H17N3O2. The fourth-order valence-electron chi connectivity index (χ4n) is 1.67. The van der Waals surface area contributed by atoms with Crippen LogP contribution in [-0.4, -0.2) is 23.7 Å². The molecule has 0 radical (unpaired) electrons. The summed E-state index contributed by atoms with van der Waals surface area (Å²) in [4.78, 5) is 15.6. The maximum atomic E-state index is 11.6. The van der Waals surface area contributed by atoms with Crippen molar-refractivity contribution in [3.8, 4) is 5.75 Å². The van der Waals surface area contributed by atoms with Gasteiger partial charge in [-0.2, -0.15) is 5.10 Å². The van der Waals surface area contributed by atoms with E-state index in [1.165, 1.54) is 6.21 Å². The minimum atomic E-state index is -0.309. The van der Waals surface area contributed by atoms with Gasteiger partial charge in [0.05, 0.1) is 6.21 Å². The van der Waals surface area contributed by atoms with Crippen LogP contribution in [0.1, 0.15) is 16.7 Å². The summed E-state index contributed by atoms with van der Waals surface area (Å²) in [6.45, 7) is 3.84. The summed E-state index contributed by atoms with van der Waals surface area (Å²) in [5.74, 6) is 0.400. The minimum Gasteiger partial charge on any atom is -0.483 e. The zero-order valence-electron chi connectivity index (χ0n) is 12.0. The molecule has 0 unspecified atom stereocenters. The Hall–Kier alpha value is -2.69. The number of hydrogen-bond acceptors (Lipinski definition) is 4. The van der Waals surface area contributed by atoms with Crippen molar-refractivity contribution in [2.45, 2.75) is 13.8 Å². The average Bonchev–Trinajstić information content (AvgIpc) is 2.49. The van der Waals surface area contributed by atoms with Crippen molar-refractivity contribution in [3.05, 3.63) is 59.4 Å². The Labute approximate surface area is 123 Å². The number of benzene rings is 1. The molecule has 0 fully saturated rings. The van der Waals surface area contributed by atoms with E-state index in [0.717, 1.165) is 16.7 Å². The van der Waals surface area contributed by atoms with Crippen molar-refractivity contribution in [2.75, 3.05) is 6.61 Å². The summed E-state index contributed by atoms with van der Waals surface area (Å²) in [6.07, 6.45) is 4.86. The lowest BCUT2D eigenvalue weighted by Gasteiger charge is -2.08. The first-order chi connectivity index (χ1) is 10.1. The fourth-order valence-corrected chi connectivity index (χ4v) is 1.67. The molecule has 0 aliphatic heterocycles. The normalized spacial score (nSPS) is 10.6. The number of aryl methyl sites for hydroxylation is 2. The Morgan fingerprint density at radius 3 is 3.00 bits per heavy atom. The highest BCUT2D eigenvalue weighted by Gasteiger charge is 2.04. The number of amides is 1. The van der Waals surface area contributed by atoms with Crippen LogP contribution in [0.4, 0.5) is 0 Å². The third-order valence-corrected chi connectivity index (χ3v) is 2.79. The minimum absolute atomic E-state index is 0.0747. The summed E-state index contributed by atoms with van der Waals surface area (Å²) < 4.78 is 5.48. The molecule has 0 aliphatic rings. The van der Waals surface area contributed by atoms with Gasteiger partial charge in [-0.05, 0) is 37.1 Å². The molecule has 1 aromatic carbocycles. The van der Waals surface area contributed by atoms with E-state index >= 15 is 0 Å². The molecule has 0 spiro atoms. The Morgan fingerprint density at radius 2 is 2.24 bits per heavy atom. The summed E-state index contributed by atoms with van der Waals surface area (Å²) in [6, 6.07) is 9.51. The molecule has 1 amide bonds. The van der Waals surface area contributed by atoms with E-state index in [1.54, 1.807) is 18.5 Å². The molecule has 1 heterocycles. The van der Waals surface area contributed by atoms with Gasteiger partial charge in [0, 0.05) is 18.0 Å². The number of rotatable bonds is 5. The standard InChI is InChI=1S/C16H17N3O2/c1-12-5-6-13(2)15(8-12)21-11-16(20)19-18-10-14-4-3-7-17-9-14/h3-10H,11H2,1-2H3,(H,19,20). The second-order valence-electron chi connectivity index (χ2n) is 4.64. The Balaban J connectivity index is 1.82. The maximum Gasteiger partial charge on any atom is 0.277 e. The van der Waals surface area contributed by atoms with Crippen LogP contribution in [0.3, 0.4) is 0 Å². The van der Waals surface area contributed by atoms with Gasteiger partial charge in [0.1, 0.15) is 5.75 Å². The summed E-state index contributed by atoms with van der Waals surface area (Å²) in [5.41, 5.74) is 5.31. The van der Waals surface area contributed by atoms with Crippen LogP contribution in [0.15, 0.2) is 47.8 Å². The van der Waals surface area contributed by atoms with Crippen LogP contribution in [0.5, 0.6) is 5.75 Å². The number of pyridine rings is 1. The average molecular weight is 283 g/mol. The van der Waals surface area contributed by atoms with Crippen molar-refractivity contribution in [3.63, 3.8) is 0 Å². The zero-order valence-corrected chi connectivity index (χ0v) is 12.0. The van der Waals surface area contributed by atoms with Gasteiger partial charge in [-0.3, -0.25) is 9.78 Å². The third kappa shape index (κ3) is 4.72. The first-order valence-corrected chi connectivity index (χ1v) is 6.57. The highest BCUT2D eigenvalue weighted by Crippen LogP contribution is 2.18. The number of hydrogen-bond donors (Lipinski definition) is 1. The van der Waals surface area contributed by atoms with Gasteiger partial charge >= 0.3 is 0 Å². The van der Waals surface area contributed by atoms with Crippen molar-refractivity contribution in [1.29, 1.82) is 0 Å². The smallest absolute Gasteiger partial charge is 0.277 e. The molecule has 1 N–H and O–H groups in total. The summed E-state index contributed by atoms with van der Waals surface area (Å²) in [7, 11) is 0. The quantitative estimate of drug-likeness (QED) is 0.676. The largest absolute Gasteiger partial charge is 0.483 e. The molecule has 5 heteroatoms. The molecule has 21 heavy (non-hydrogen) atoms. The van der Waals surface area contributed by atoms with Crippen LogP contribution < -0.4 is 10.2 Å². The molecule has 0 saturated carbocycles. The van der Waals surface area contributed by atoms with E-state index in [0.29, 0.717) is 5.75 Å². The fraction of sp³-hybridized carbons (Fsp3) is 0.188. The maximum absolute atomic E-state index is 11.6. The summed E-state index contributed by atoms with van der Waals surface area (Å²) in [5, 5.41) is 3.85. The van der Waals surface area contributed by atoms with Crippen molar-refractivity contribution < 1.29 is 9.53 Å². The monoisotopic (exact) mass is 283 g/mol. The summed E-state index contributed by atoms with van der Waals surface area (Å²) >= 11 is 0. The van der Waals surface area contributed by atoms with Crippen LogP contribution in [0.25, 0.3) is 0 Å². The Bertz CT molecular complexity index is 639. The van der Waals surface area contributed by atoms with E-state index in [2.05, 4.69) is 15.5 Å². The molecule has 108 valence electrons. The third-order valence-electron chi connectivity index (χ3n) is 2.79. The molecule has 2 rings (SSSR count). The Morgan fingerprint density at radius 1 is 1.38 bits per heavy atom. The van der Waals surface area contributed by atoms with Gasteiger partial charge in [-0.15, -0.1) is 0 Å². The van der Waals surface area contributed by atoms with Crippen molar-refractivity contribution in [1.82, 2.24) is 10.4 Å². The predicted molar refractivity (Wildman–Crippen MR) is 81.4 cm³/mol. The zero-order chi connectivity index (χ0) is 15.1. The Kier molecular flexibility index (Phi) is 5.04. The first kappa shape index (κ1) is 14.7. The van der Waals surface area contributed by atoms with Crippen LogP contribution in [-0.2, 0) is 4.79 Å². The first-order valence-electron chi connectivity index (χ1n) is 6.57. The number of hydrazone groups is 1. The second kappa shape index (κ2) is 7.19. The van der Waals surface area contributed by atoms with Crippen LogP contribution >= 0.6 is 0 Å². The van der Waals surface area contributed by atoms with Gasteiger partial charge in [0.25, 0.3) is 5.91 Å². The highest BCUT2D eigenvalue weighted by atomic mass is 16.5. The van der Waals surface area contributed by atoms with Crippen molar-refractivity contribution >= 4 is 12.1 Å². The van der Waals surface area contributed by atoms with E-state index in [-0.39, 0.29) is 12.5 Å². The van der Waals surface area contributed by atoms with Gasteiger partial charge in [-0.25, -0.2) is 5.43 Å². The molecule has 5 nitrogen and oxygen atoms in total. The van der Waals surface area contributed by atoms with Crippen LogP contribution in [0, 0.1) is 13.8 Å². The van der Waals surface area contributed by atoms with E-state index in [1.807, 2.05) is 38.1 Å².